The average molecular weight is 252 g/mol. The third-order valence-corrected chi connectivity index (χ3v) is 3.75. The summed E-state index contributed by atoms with van der Waals surface area (Å²) in [7, 11) is 0. The van der Waals surface area contributed by atoms with E-state index in [2.05, 4.69) is 50.5 Å². The van der Waals surface area contributed by atoms with E-state index in [4.69, 9.17) is 0 Å². The van der Waals surface area contributed by atoms with Gasteiger partial charge in [-0.05, 0) is 30.9 Å². The lowest BCUT2D eigenvalue weighted by Crippen LogP contribution is -2.15. The molecule has 2 aliphatic rings. The Balaban J connectivity index is 1.65. The number of rotatable bonds is 3. The molecule has 1 aromatic carbocycles. The lowest BCUT2D eigenvalue weighted by molar-refractivity contribution is 0.961. The summed E-state index contributed by atoms with van der Waals surface area (Å²) in [6.45, 7) is 0.999. The maximum atomic E-state index is 4.42. The van der Waals surface area contributed by atoms with Crippen LogP contribution < -0.4 is 10.2 Å². The van der Waals surface area contributed by atoms with Crippen LogP contribution in [-0.2, 0) is 6.42 Å². The fourth-order valence-electron chi connectivity index (χ4n) is 2.59. The smallest absolute Gasteiger partial charge is 0.138 e. The van der Waals surface area contributed by atoms with Crippen LogP contribution in [0.4, 0.5) is 17.3 Å². The molecule has 1 aliphatic heterocycles. The molecule has 0 bridgehead atoms. The van der Waals surface area contributed by atoms with Crippen molar-refractivity contribution in [1.82, 2.24) is 9.97 Å². The van der Waals surface area contributed by atoms with E-state index in [1.54, 1.807) is 6.33 Å². The zero-order valence-corrected chi connectivity index (χ0v) is 10.7. The van der Waals surface area contributed by atoms with Crippen LogP contribution in [0.25, 0.3) is 0 Å². The molecule has 19 heavy (non-hydrogen) atoms. The number of benzene rings is 1. The van der Waals surface area contributed by atoms with Crippen molar-refractivity contribution in [2.75, 3.05) is 16.8 Å². The third kappa shape index (κ3) is 2.03. The number of hydrogen-bond donors (Lipinski definition) is 1. The van der Waals surface area contributed by atoms with Gasteiger partial charge in [0.15, 0.2) is 0 Å². The van der Waals surface area contributed by atoms with Crippen molar-refractivity contribution in [1.29, 1.82) is 0 Å². The molecule has 4 rings (SSSR count). The molecule has 1 N–H and O–H groups in total. The normalized spacial score (nSPS) is 17.4. The van der Waals surface area contributed by atoms with Crippen LogP contribution in [0.3, 0.4) is 0 Å². The summed E-state index contributed by atoms with van der Waals surface area (Å²) in [6.07, 6.45) is 5.25. The summed E-state index contributed by atoms with van der Waals surface area (Å²) in [4.78, 5) is 11.0. The van der Waals surface area contributed by atoms with Gasteiger partial charge in [0.2, 0.25) is 0 Å². The van der Waals surface area contributed by atoms with Gasteiger partial charge in [0.1, 0.15) is 18.0 Å². The Morgan fingerprint density at radius 2 is 2.05 bits per heavy atom. The van der Waals surface area contributed by atoms with Crippen molar-refractivity contribution in [2.45, 2.75) is 25.3 Å². The third-order valence-electron chi connectivity index (χ3n) is 3.75. The van der Waals surface area contributed by atoms with Gasteiger partial charge in [-0.1, -0.05) is 18.2 Å². The van der Waals surface area contributed by atoms with E-state index in [1.165, 1.54) is 24.1 Å². The van der Waals surface area contributed by atoms with Gasteiger partial charge in [-0.3, -0.25) is 0 Å². The molecule has 0 amide bonds. The van der Waals surface area contributed by atoms with E-state index < -0.39 is 0 Å². The molecular weight excluding hydrogens is 236 g/mol. The first-order valence-corrected chi connectivity index (χ1v) is 6.84. The molecule has 1 aliphatic carbocycles. The predicted molar refractivity (Wildman–Crippen MR) is 75.8 cm³/mol. The van der Waals surface area contributed by atoms with Crippen molar-refractivity contribution in [2.24, 2.45) is 0 Å². The van der Waals surface area contributed by atoms with Crippen LogP contribution >= 0.6 is 0 Å². The lowest BCUT2D eigenvalue weighted by Gasteiger charge is -2.18. The Labute approximate surface area is 112 Å². The molecule has 0 radical (unpaired) electrons. The molecule has 2 aromatic rings. The van der Waals surface area contributed by atoms with E-state index in [0.717, 1.165) is 24.6 Å². The largest absolute Gasteiger partial charge is 0.367 e. The summed E-state index contributed by atoms with van der Waals surface area (Å²) >= 11 is 0. The number of nitrogens with one attached hydrogen (secondary N) is 1. The Kier molecular flexibility index (Phi) is 2.40. The highest BCUT2D eigenvalue weighted by molar-refractivity contribution is 5.68. The zero-order chi connectivity index (χ0) is 12.7. The number of nitrogens with zero attached hydrogens (tertiary/aromatic N) is 3. The second kappa shape index (κ2) is 4.23. The second-order valence-electron chi connectivity index (χ2n) is 5.21. The minimum atomic E-state index is 0.619. The molecule has 0 saturated heterocycles. The quantitative estimate of drug-likeness (QED) is 0.912. The minimum absolute atomic E-state index is 0.619. The topological polar surface area (TPSA) is 41.0 Å². The SMILES string of the molecule is c1ccc2c(c1)CCN2c1cc(NC2CC2)ncn1. The number of fused-ring (bicyclic) bond motifs is 1. The highest BCUT2D eigenvalue weighted by Crippen LogP contribution is 2.34. The summed E-state index contributed by atoms with van der Waals surface area (Å²) in [5.74, 6) is 1.93. The maximum absolute atomic E-state index is 4.42. The highest BCUT2D eigenvalue weighted by atomic mass is 15.2. The van der Waals surface area contributed by atoms with E-state index in [-0.39, 0.29) is 0 Å². The Morgan fingerprint density at radius 1 is 1.16 bits per heavy atom. The molecule has 4 heteroatoms. The average Bonchev–Trinajstić information content (AvgIpc) is 3.16. The van der Waals surface area contributed by atoms with Crippen molar-refractivity contribution in [3.63, 3.8) is 0 Å². The molecule has 1 fully saturated rings. The standard InChI is InChI=1S/C15H16N4/c1-2-4-13-11(3-1)7-8-19(13)15-9-14(16-10-17-15)18-12-5-6-12/h1-4,9-10,12H,5-8H2,(H,16,17,18). The Hall–Kier alpha value is -2.10. The van der Waals surface area contributed by atoms with Crippen molar-refractivity contribution < 1.29 is 0 Å². The van der Waals surface area contributed by atoms with Gasteiger partial charge in [-0.15, -0.1) is 0 Å². The van der Waals surface area contributed by atoms with Gasteiger partial charge >= 0.3 is 0 Å². The second-order valence-corrected chi connectivity index (χ2v) is 5.21. The first-order chi connectivity index (χ1) is 9.40. The monoisotopic (exact) mass is 252 g/mol. The van der Waals surface area contributed by atoms with Crippen molar-refractivity contribution in [3.05, 3.63) is 42.2 Å². The number of para-hydroxylation sites is 1. The van der Waals surface area contributed by atoms with Gasteiger partial charge in [0, 0.05) is 24.3 Å². The molecular formula is C15H16N4. The predicted octanol–water partition coefficient (Wildman–Crippen LogP) is 2.75. The molecule has 0 spiro atoms. The van der Waals surface area contributed by atoms with E-state index >= 15 is 0 Å². The zero-order valence-electron chi connectivity index (χ0n) is 10.7. The molecule has 2 heterocycles. The Morgan fingerprint density at radius 3 is 2.95 bits per heavy atom. The summed E-state index contributed by atoms with van der Waals surface area (Å²) < 4.78 is 0. The van der Waals surface area contributed by atoms with Crippen LogP contribution in [0.15, 0.2) is 36.7 Å². The van der Waals surface area contributed by atoms with Crippen LogP contribution in [0, 0.1) is 0 Å². The van der Waals surface area contributed by atoms with Gasteiger partial charge in [0.05, 0.1) is 0 Å². The minimum Gasteiger partial charge on any atom is -0.367 e. The van der Waals surface area contributed by atoms with Crippen LogP contribution in [0.2, 0.25) is 0 Å². The molecule has 0 atom stereocenters. The maximum Gasteiger partial charge on any atom is 0.138 e. The van der Waals surface area contributed by atoms with E-state index in [9.17, 15) is 0 Å². The summed E-state index contributed by atoms with van der Waals surface area (Å²) in [5.41, 5.74) is 2.68. The first kappa shape index (κ1) is 10.8. The van der Waals surface area contributed by atoms with E-state index in [1.807, 2.05) is 0 Å². The number of hydrogen-bond acceptors (Lipinski definition) is 4. The molecule has 1 aromatic heterocycles. The van der Waals surface area contributed by atoms with Crippen LogP contribution in [0.5, 0.6) is 0 Å². The Bertz CT molecular complexity index is 607. The first-order valence-electron chi connectivity index (χ1n) is 6.84. The molecule has 1 saturated carbocycles. The molecule has 0 unspecified atom stereocenters. The molecule has 4 nitrogen and oxygen atoms in total. The fourth-order valence-corrected chi connectivity index (χ4v) is 2.59. The lowest BCUT2D eigenvalue weighted by atomic mass is 10.2. The van der Waals surface area contributed by atoms with Crippen molar-refractivity contribution in [3.8, 4) is 0 Å². The summed E-state index contributed by atoms with van der Waals surface area (Å²) in [5, 5.41) is 3.43. The fraction of sp³-hybridized carbons (Fsp3) is 0.333. The van der Waals surface area contributed by atoms with E-state index in [0.29, 0.717) is 6.04 Å². The number of anilines is 3. The van der Waals surface area contributed by atoms with Crippen LogP contribution in [0.1, 0.15) is 18.4 Å². The van der Waals surface area contributed by atoms with Gasteiger partial charge in [0.25, 0.3) is 0 Å². The highest BCUT2D eigenvalue weighted by Gasteiger charge is 2.23. The summed E-state index contributed by atoms with van der Waals surface area (Å²) in [6, 6.07) is 11.2. The van der Waals surface area contributed by atoms with Gasteiger partial charge in [-0.25, -0.2) is 9.97 Å². The van der Waals surface area contributed by atoms with Crippen LogP contribution in [-0.4, -0.2) is 22.6 Å². The van der Waals surface area contributed by atoms with Crippen molar-refractivity contribution >= 4 is 17.3 Å². The molecule has 96 valence electrons. The van der Waals surface area contributed by atoms with Gasteiger partial charge in [-0.2, -0.15) is 0 Å². The number of aromatic nitrogens is 2. The van der Waals surface area contributed by atoms with Gasteiger partial charge < -0.3 is 10.2 Å².